The SMILES string of the molecule is C/C(=N/NC(=O)Cn1cc(Cn2c(=O)c(C)nc3ccccc32)nn1)c1ccc(F)cc1. The molecule has 0 saturated heterocycles. The fraction of sp³-hybridized carbons (Fsp3) is 0.182. The molecule has 0 radical (unpaired) electrons. The predicted octanol–water partition coefficient (Wildman–Crippen LogP) is 2.02. The maximum Gasteiger partial charge on any atom is 0.272 e. The second-order valence-corrected chi connectivity index (χ2v) is 7.22. The number of hydrazone groups is 1. The third-order valence-electron chi connectivity index (χ3n) is 4.84. The van der Waals surface area contributed by atoms with Crippen LogP contribution < -0.4 is 11.0 Å². The van der Waals surface area contributed by atoms with Crippen LogP contribution in [0, 0.1) is 12.7 Å². The van der Waals surface area contributed by atoms with E-state index in [1.165, 1.54) is 16.8 Å². The van der Waals surface area contributed by atoms with Crippen molar-refractivity contribution in [3.63, 3.8) is 0 Å². The Hall–Kier alpha value is -4.21. The molecule has 0 saturated carbocycles. The van der Waals surface area contributed by atoms with Crippen LogP contribution in [-0.4, -0.2) is 36.2 Å². The molecule has 4 rings (SSSR count). The summed E-state index contributed by atoms with van der Waals surface area (Å²) in [6, 6.07) is 13.2. The largest absolute Gasteiger partial charge is 0.299 e. The van der Waals surface area contributed by atoms with Gasteiger partial charge >= 0.3 is 0 Å². The summed E-state index contributed by atoms with van der Waals surface area (Å²) in [6.45, 7) is 3.48. The maximum absolute atomic E-state index is 13.0. The first kappa shape index (κ1) is 21.0. The van der Waals surface area contributed by atoms with Crippen LogP contribution in [0.3, 0.4) is 0 Å². The second-order valence-electron chi connectivity index (χ2n) is 7.22. The summed E-state index contributed by atoms with van der Waals surface area (Å²) >= 11 is 0. The third kappa shape index (κ3) is 4.59. The van der Waals surface area contributed by atoms with Gasteiger partial charge in [-0.05, 0) is 43.7 Å². The van der Waals surface area contributed by atoms with E-state index in [-0.39, 0.29) is 24.5 Å². The molecule has 32 heavy (non-hydrogen) atoms. The average Bonchev–Trinajstić information content (AvgIpc) is 3.22. The van der Waals surface area contributed by atoms with Crippen molar-refractivity contribution >= 4 is 22.7 Å². The van der Waals surface area contributed by atoms with Gasteiger partial charge in [0.2, 0.25) is 0 Å². The summed E-state index contributed by atoms with van der Waals surface area (Å²) in [5.41, 5.74) is 5.81. The van der Waals surface area contributed by atoms with Crippen LogP contribution in [0.25, 0.3) is 11.0 Å². The van der Waals surface area contributed by atoms with Crippen molar-refractivity contribution in [2.45, 2.75) is 26.9 Å². The van der Waals surface area contributed by atoms with Crippen LogP contribution in [0.5, 0.6) is 0 Å². The highest BCUT2D eigenvalue weighted by Gasteiger charge is 2.11. The topological polar surface area (TPSA) is 107 Å². The zero-order valence-corrected chi connectivity index (χ0v) is 17.5. The van der Waals surface area contributed by atoms with E-state index < -0.39 is 5.91 Å². The molecule has 0 spiro atoms. The molecule has 0 fully saturated rings. The van der Waals surface area contributed by atoms with Crippen molar-refractivity contribution in [3.8, 4) is 0 Å². The molecule has 10 heteroatoms. The number of rotatable bonds is 6. The summed E-state index contributed by atoms with van der Waals surface area (Å²) in [5.74, 6) is -0.741. The predicted molar refractivity (Wildman–Crippen MR) is 117 cm³/mol. The molecule has 0 bridgehead atoms. The highest BCUT2D eigenvalue weighted by molar-refractivity contribution is 5.99. The van der Waals surface area contributed by atoms with Gasteiger partial charge in [-0.1, -0.05) is 29.5 Å². The molecule has 0 aliphatic carbocycles. The second kappa shape index (κ2) is 8.88. The monoisotopic (exact) mass is 433 g/mol. The summed E-state index contributed by atoms with van der Waals surface area (Å²) < 4.78 is 16.0. The number of aryl methyl sites for hydroxylation is 1. The van der Waals surface area contributed by atoms with Gasteiger partial charge in [-0.2, -0.15) is 5.10 Å². The number of halogens is 1. The summed E-state index contributed by atoms with van der Waals surface area (Å²) in [4.78, 5) is 29.1. The van der Waals surface area contributed by atoms with E-state index in [1.807, 2.05) is 24.3 Å². The Labute approximate surface area is 182 Å². The third-order valence-corrected chi connectivity index (χ3v) is 4.84. The van der Waals surface area contributed by atoms with E-state index in [0.717, 1.165) is 0 Å². The molecule has 0 aliphatic rings. The molecule has 9 nitrogen and oxygen atoms in total. The van der Waals surface area contributed by atoms with Gasteiger partial charge in [-0.25, -0.2) is 19.5 Å². The van der Waals surface area contributed by atoms with Crippen molar-refractivity contribution in [2.75, 3.05) is 0 Å². The molecular weight excluding hydrogens is 413 g/mol. The number of hydrogen-bond donors (Lipinski definition) is 1. The van der Waals surface area contributed by atoms with E-state index in [9.17, 15) is 14.0 Å². The minimum absolute atomic E-state index is 0.0990. The lowest BCUT2D eigenvalue weighted by Gasteiger charge is -2.09. The Morgan fingerprint density at radius 2 is 1.91 bits per heavy atom. The summed E-state index contributed by atoms with van der Waals surface area (Å²) in [6.07, 6.45) is 1.60. The number of carbonyl (C=O) groups is 1. The van der Waals surface area contributed by atoms with Gasteiger partial charge in [0.25, 0.3) is 11.5 Å². The minimum Gasteiger partial charge on any atom is -0.299 e. The molecule has 2 aromatic carbocycles. The molecule has 0 atom stereocenters. The molecule has 1 amide bonds. The van der Waals surface area contributed by atoms with E-state index >= 15 is 0 Å². The van der Waals surface area contributed by atoms with E-state index in [2.05, 4.69) is 25.8 Å². The lowest BCUT2D eigenvalue weighted by Crippen LogP contribution is -2.25. The van der Waals surface area contributed by atoms with Gasteiger partial charge in [0.15, 0.2) is 0 Å². The fourth-order valence-electron chi connectivity index (χ4n) is 3.21. The van der Waals surface area contributed by atoms with Gasteiger partial charge < -0.3 is 0 Å². The van der Waals surface area contributed by atoms with Gasteiger partial charge in [0.05, 0.1) is 29.5 Å². The zero-order valence-electron chi connectivity index (χ0n) is 17.5. The van der Waals surface area contributed by atoms with Gasteiger partial charge in [-0.15, -0.1) is 5.10 Å². The Kier molecular flexibility index (Phi) is 5.84. The van der Waals surface area contributed by atoms with Crippen LogP contribution in [-0.2, 0) is 17.9 Å². The van der Waals surface area contributed by atoms with Crippen LogP contribution in [0.15, 0.2) is 64.6 Å². The van der Waals surface area contributed by atoms with Crippen LogP contribution in [0.1, 0.15) is 23.9 Å². The molecule has 2 heterocycles. The number of hydrogen-bond acceptors (Lipinski definition) is 6. The van der Waals surface area contributed by atoms with Gasteiger partial charge in [-0.3, -0.25) is 14.2 Å². The number of fused-ring (bicyclic) bond motifs is 1. The number of para-hydroxylation sites is 2. The van der Waals surface area contributed by atoms with Crippen LogP contribution in [0.4, 0.5) is 4.39 Å². The van der Waals surface area contributed by atoms with Crippen molar-refractivity contribution in [2.24, 2.45) is 5.10 Å². The molecule has 0 aliphatic heterocycles. The number of carbonyl (C=O) groups excluding carboxylic acids is 1. The van der Waals surface area contributed by atoms with Crippen LogP contribution >= 0.6 is 0 Å². The quantitative estimate of drug-likeness (QED) is 0.370. The Morgan fingerprint density at radius 3 is 2.69 bits per heavy atom. The molecule has 0 unspecified atom stereocenters. The summed E-state index contributed by atoms with van der Waals surface area (Å²) in [5, 5.41) is 12.1. The fourth-order valence-corrected chi connectivity index (χ4v) is 3.21. The molecule has 4 aromatic rings. The number of benzene rings is 2. The standard InChI is InChI=1S/C22H20FN7O2/c1-14(16-7-9-17(23)10-8-16)25-27-21(31)13-29-11-18(26-28-29)12-30-20-6-4-3-5-19(20)24-15(2)22(30)32/h3-11H,12-13H2,1-2H3,(H,27,31)/b25-14-. The molecule has 162 valence electrons. The van der Waals surface area contributed by atoms with Crippen molar-refractivity contribution in [3.05, 3.63) is 87.9 Å². The van der Waals surface area contributed by atoms with Crippen molar-refractivity contribution in [1.82, 2.24) is 30.0 Å². The first-order chi connectivity index (χ1) is 15.4. The number of amides is 1. The first-order valence-corrected chi connectivity index (χ1v) is 9.85. The van der Waals surface area contributed by atoms with Crippen molar-refractivity contribution < 1.29 is 9.18 Å². The van der Waals surface area contributed by atoms with Crippen LogP contribution in [0.2, 0.25) is 0 Å². The smallest absolute Gasteiger partial charge is 0.272 e. The zero-order chi connectivity index (χ0) is 22.7. The van der Waals surface area contributed by atoms with Crippen molar-refractivity contribution in [1.29, 1.82) is 0 Å². The highest BCUT2D eigenvalue weighted by Crippen LogP contribution is 2.11. The average molecular weight is 433 g/mol. The van der Waals surface area contributed by atoms with E-state index in [4.69, 9.17) is 0 Å². The maximum atomic E-state index is 13.0. The minimum atomic E-state index is -0.398. The Morgan fingerprint density at radius 1 is 1.16 bits per heavy atom. The summed E-state index contributed by atoms with van der Waals surface area (Å²) in [7, 11) is 0. The van der Waals surface area contributed by atoms with E-state index in [1.54, 1.807) is 36.7 Å². The number of aromatic nitrogens is 5. The lowest BCUT2D eigenvalue weighted by atomic mass is 10.1. The first-order valence-electron chi connectivity index (χ1n) is 9.85. The van der Waals surface area contributed by atoms with E-state index in [0.29, 0.717) is 33.7 Å². The highest BCUT2D eigenvalue weighted by atomic mass is 19.1. The van der Waals surface area contributed by atoms with Gasteiger partial charge in [0.1, 0.15) is 23.7 Å². The lowest BCUT2D eigenvalue weighted by molar-refractivity contribution is -0.121. The normalized spacial score (nSPS) is 11.7. The molecule has 2 aromatic heterocycles. The number of nitrogens with zero attached hydrogens (tertiary/aromatic N) is 6. The Bertz CT molecular complexity index is 1370. The number of nitrogens with one attached hydrogen (secondary N) is 1. The molecule has 1 N–H and O–H groups in total. The Balaban J connectivity index is 1.45. The van der Waals surface area contributed by atoms with Gasteiger partial charge in [0, 0.05) is 0 Å². The molecular formula is C22H20FN7O2.